The molecule has 0 aliphatic rings. The van der Waals surface area contributed by atoms with Gasteiger partial charge in [0.2, 0.25) is 0 Å². The summed E-state index contributed by atoms with van der Waals surface area (Å²) in [6.07, 6.45) is -2.36. The van der Waals surface area contributed by atoms with E-state index in [1.165, 1.54) is 26.0 Å². The van der Waals surface area contributed by atoms with Crippen LogP contribution in [0.3, 0.4) is 0 Å². The number of rotatable bonds is 8. The number of hydrogen-bond acceptors (Lipinski definition) is 3. The Morgan fingerprint density at radius 2 is 1.76 bits per heavy atom. The van der Waals surface area contributed by atoms with Gasteiger partial charge in [0.15, 0.2) is 5.60 Å². The highest BCUT2D eigenvalue weighted by Crippen LogP contribution is 2.34. The van der Waals surface area contributed by atoms with Crippen molar-refractivity contribution in [2.45, 2.75) is 59.5 Å². The van der Waals surface area contributed by atoms with Crippen molar-refractivity contribution in [1.82, 2.24) is 4.57 Å². The van der Waals surface area contributed by atoms with Crippen LogP contribution < -0.4 is 9.47 Å². The van der Waals surface area contributed by atoms with E-state index >= 15 is 0 Å². The summed E-state index contributed by atoms with van der Waals surface area (Å²) in [5.74, 6) is -0.966. The Kier molecular flexibility index (Phi) is 7.00. The van der Waals surface area contributed by atoms with Gasteiger partial charge in [0, 0.05) is 23.1 Å². The molecule has 1 N–H and O–H groups in total. The molecule has 0 amide bonds. The third kappa shape index (κ3) is 5.73. The van der Waals surface area contributed by atoms with Crippen molar-refractivity contribution >= 4 is 16.9 Å². The Bertz CT molecular complexity index is 1240. The molecule has 5 nitrogen and oxygen atoms in total. The number of fused-ring (bicyclic) bond motifs is 1. The lowest BCUT2D eigenvalue weighted by Crippen LogP contribution is -2.37. The van der Waals surface area contributed by atoms with Gasteiger partial charge in [-0.2, -0.15) is 0 Å². The standard InChI is InChI=1S/C26H28F3NO4/c1-6-16(2)15-30-17(3)21(22-14-20(10-11-23(22)30)34-26(27,28)29)13-18-8-7-9-19(12-18)33-25(4,5)24(31)32/h6-12,14H,13,15H2,1-5H3,(H,31,32)/b16-6+. The monoisotopic (exact) mass is 475 g/mol. The first-order chi connectivity index (χ1) is 15.8. The molecule has 1 aromatic heterocycles. The van der Waals surface area contributed by atoms with Crippen molar-refractivity contribution in [1.29, 1.82) is 0 Å². The zero-order valence-electron chi connectivity index (χ0n) is 19.8. The van der Waals surface area contributed by atoms with E-state index in [2.05, 4.69) is 9.30 Å². The number of nitrogens with zero attached hydrogens (tertiary/aromatic N) is 1. The van der Waals surface area contributed by atoms with E-state index in [-0.39, 0.29) is 5.75 Å². The van der Waals surface area contributed by atoms with Crippen molar-refractivity contribution in [2.75, 3.05) is 0 Å². The molecule has 0 radical (unpaired) electrons. The number of ether oxygens (including phenoxy) is 2. The first kappa shape index (κ1) is 25.2. The van der Waals surface area contributed by atoms with Gasteiger partial charge in [-0.15, -0.1) is 13.2 Å². The van der Waals surface area contributed by atoms with Crippen molar-refractivity contribution in [3.8, 4) is 11.5 Å². The van der Waals surface area contributed by atoms with Gasteiger partial charge >= 0.3 is 12.3 Å². The van der Waals surface area contributed by atoms with E-state index < -0.39 is 17.9 Å². The van der Waals surface area contributed by atoms with Gasteiger partial charge < -0.3 is 19.1 Å². The highest BCUT2D eigenvalue weighted by molar-refractivity contribution is 5.87. The fourth-order valence-corrected chi connectivity index (χ4v) is 3.76. The molecule has 3 rings (SSSR count). The lowest BCUT2D eigenvalue weighted by Gasteiger charge is -2.21. The molecule has 2 aromatic carbocycles. The highest BCUT2D eigenvalue weighted by Gasteiger charge is 2.32. The van der Waals surface area contributed by atoms with Crippen molar-refractivity contribution in [3.63, 3.8) is 0 Å². The zero-order chi connectivity index (χ0) is 25.3. The number of alkyl halides is 3. The van der Waals surface area contributed by atoms with Gasteiger partial charge in [-0.25, -0.2) is 4.79 Å². The summed E-state index contributed by atoms with van der Waals surface area (Å²) in [4.78, 5) is 11.4. The Balaban J connectivity index is 2.07. The first-order valence-electron chi connectivity index (χ1n) is 10.8. The molecular formula is C26H28F3NO4. The summed E-state index contributed by atoms with van der Waals surface area (Å²) in [6.45, 7) is 9.41. The van der Waals surface area contributed by atoms with Gasteiger partial charge in [0.05, 0.1) is 0 Å². The third-order valence-electron chi connectivity index (χ3n) is 5.73. The topological polar surface area (TPSA) is 60.7 Å². The molecule has 182 valence electrons. The van der Waals surface area contributed by atoms with Crippen LogP contribution in [0.15, 0.2) is 54.1 Å². The number of carboxylic acid groups (broad SMARTS) is 1. The lowest BCUT2D eigenvalue weighted by molar-refractivity contribution is -0.274. The van der Waals surface area contributed by atoms with Crippen LogP contribution in [0, 0.1) is 6.92 Å². The predicted octanol–water partition coefficient (Wildman–Crippen LogP) is 6.65. The second-order valence-electron chi connectivity index (χ2n) is 8.75. The summed E-state index contributed by atoms with van der Waals surface area (Å²) in [6, 6.07) is 11.4. The number of carboxylic acids is 1. The maximum Gasteiger partial charge on any atom is 0.573 e. The minimum absolute atomic E-state index is 0.276. The fourth-order valence-electron chi connectivity index (χ4n) is 3.76. The number of aromatic nitrogens is 1. The largest absolute Gasteiger partial charge is 0.573 e. The molecule has 0 saturated heterocycles. The van der Waals surface area contributed by atoms with Crippen molar-refractivity contribution in [3.05, 3.63) is 70.9 Å². The smallest absolute Gasteiger partial charge is 0.478 e. The van der Waals surface area contributed by atoms with Crippen LogP contribution >= 0.6 is 0 Å². The van der Waals surface area contributed by atoms with Crippen LogP contribution in [0.25, 0.3) is 10.9 Å². The second-order valence-corrected chi connectivity index (χ2v) is 8.75. The van der Waals surface area contributed by atoms with Gasteiger partial charge in [0.1, 0.15) is 11.5 Å². The molecule has 34 heavy (non-hydrogen) atoms. The second kappa shape index (κ2) is 9.44. The highest BCUT2D eigenvalue weighted by atomic mass is 19.4. The number of hydrogen-bond donors (Lipinski definition) is 1. The predicted molar refractivity (Wildman–Crippen MR) is 124 cm³/mol. The van der Waals surface area contributed by atoms with E-state index in [9.17, 15) is 23.1 Å². The summed E-state index contributed by atoms with van der Waals surface area (Å²) in [5.41, 5.74) is 3.15. The SMILES string of the molecule is C/C=C(\C)Cn1c(C)c(Cc2cccc(OC(C)(C)C(=O)O)c2)c2cc(OC(F)(F)F)ccc21. The molecule has 0 aliphatic heterocycles. The van der Waals surface area contributed by atoms with E-state index in [0.717, 1.165) is 27.9 Å². The van der Waals surface area contributed by atoms with E-state index in [1.54, 1.807) is 24.3 Å². The molecule has 8 heteroatoms. The molecule has 0 spiro atoms. The normalized spacial score (nSPS) is 12.8. The Hall–Kier alpha value is -3.42. The van der Waals surface area contributed by atoms with E-state index in [4.69, 9.17) is 4.74 Å². The summed E-state index contributed by atoms with van der Waals surface area (Å²) in [7, 11) is 0. The van der Waals surface area contributed by atoms with Crippen molar-refractivity contribution < 1.29 is 32.5 Å². The van der Waals surface area contributed by atoms with E-state index in [0.29, 0.717) is 24.1 Å². The number of halogens is 3. The first-order valence-corrected chi connectivity index (χ1v) is 10.8. The van der Waals surface area contributed by atoms with Crippen molar-refractivity contribution in [2.24, 2.45) is 0 Å². The number of aliphatic carboxylic acids is 1. The molecule has 0 fully saturated rings. The quantitative estimate of drug-likeness (QED) is 0.371. The van der Waals surface area contributed by atoms with Gasteiger partial charge in [-0.05, 0) is 82.5 Å². The Labute approximate surface area is 196 Å². The van der Waals surface area contributed by atoms with E-state index in [1.807, 2.05) is 32.9 Å². The van der Waals surface area contributed by atoms with Crippen LogP contribution in [0.2, 0.25) is 0 Å². The minimum Gasteiger partial charge on any atom is -0.478 e. The maximum absolute atomic E-state index is 12.8. The summed E-state index contributed by atoms with van der Waals surface area (Å²) >= 11 is 0. The summed E-state index contributed by atoms with van der Waals surface area (Å²) in [5, 5.41) is 10.0. The van der Waals surface area contributed by atoms with Crippen LogP contribution in [-0.4, -0.2) is 27.6 Å². The van der Waals surface area contributed by atoms with Gasteiger partial charge in [-0.3, -0.25) is 0 Å². The molecule has 0 saturated carbocycles. The minimum atomic E-state index is -4.78. The number of allylic oxidation sites excluding steroid dienone is 2. The summed E-state index contributed by atoms with van der Waals surface area (Å²) < 4.78 is 50.4. The molecule has 0 bridgehead atoms. The van der Waals surface area contributed by atoms with Crippen LogP contribution in [0.1, 0.15) is 44.5 Å². The number of benzene rings is 2. The molecule has 3 aromatic rings. The van der Waals surface area contributed by atoms with Crippen LogP contribution in [-0.2, 0) is 17.8 Å². The van der Waals surface area contributed by atoms with Crippen LogP contribution in [0.5, 0.6) is 11.5 Å². The molecule has 0 unspecified atom stereocenters. The average molecular weight is 476 g/mol. The fraction of sp³-hybridized carbons (Fsp3) is 0.346. The number of carbonyl (C=O) groups is 1. The maximum atomic E-state index is 12.8. The van der Waals surface area contributed by atoms with Crippen LogP contribution in [0.4, 0.5) is 13.2 Å². The van der Waals surface area contributed by atoms with Gasteiger partial charge in [-0.1, -0.05) is 23.8 Å². The molecule has 0 aliphatic carbocycles. The molecule has 0 atom stereocenters. The third-order valence-corrected chi connectivity index (χ3v) is 5.73. The Morgan fingerprint density at radius 3 is 2.38 bits per heavy atom. The Morgan fingerprint density at radius 1 is 1.09 bits per heavy atom. The molecule has 1 heterocycles. The van der Waals surface area contributed by atoms with Gasteiger partial charge in [0.25, 0.3) is 0 Å². The molecular weight excluding hydrogens is 447 g/mol. The lowest BCUT2D eigenvalue weighted by atomic mass is 10.0. The zero-order valence-corrected chi connectivity index (χ0v) is 19.8. The average Bonchev–Trinajstić information content (AvgIpc) is 2.97.